The Bertz CT molecular complexity index is 785. The molecular formula is C25H36O7. The molecule has 32 heavy (non-hydrogen) atoms. The summed E-state index contributed by atoms with van der Waals surface area (Å²) < 4.78 is 28.2. The first-order valence-electron chi connectivity index (χ1n) is 11.8. The summed E-state index contributed by atoms with van der Waals surface area (Å²) in [6, 6.07) is 3.67. The molecule has 2 atom stereocenters. The van der Waals surface area contributed by atoms with Crippen LogP contribution < -0.4 is 9.47 Å². The zero-order valence-electron chi connectivity index (χ0n) is 19.6. The number of hydrogen-bond acceptors (Lipinski definition) is 7. The molecule has 0 amide bonds. The molecule has 2 heterocycles. The van der Waals surface area contributed by atoms with Gasteiger partial charge in [0.15, 0.2) is 24.3 Å². The minimum Gasteiger partial charge on any atom is -0.481 e. The zero-order valence-corrected chi connectivity index (χ0v) is 19.6. The van der Waals surface area contributed by atoms with E-state index in [1.165, 1.54) is 7.11 Å². The second kappa shape index (κ2) is 11.7. The molecule has 0 aliphatic carbocycles. The fraction of sp³-hybridized carbons (Fsp3) is 0.680. The maximum atomic E-state index is 12.9. The molecule has 7 heteroatoms. The van der Waals surface area contributed by atoms with Gasteiger partial charge in [-0.1, -0.05) is 19.4 Å². The molecule has 3 rings (SSSR count). The summed E-state index contributed by atoms with van der Waals surface area (Å²) in [5.41, 5.74) is 0.905. The minimum atomic E-state index is -0.877. The quantitative estimate of drug-likeness (QED) is 0.371. The van der Waals surface area contributed by atoms with Crippen molar-refractivity contribution in [1.29, 1.82) is 0 Å². The van der Waals surface area contributed by atoms with E-state index >= 15 is 0 Å². The molecule has 0 spiro atoms. The van der Waals surface area contributed by atoms with Crippen molar-refractivity contribution in [3.05, 3.63) is 23.3 Å². The van der Waals surface area contributed by atoms with Crippen molar-refractivity contribution in [2.45, 2.75) is 83.5 Å². The number of unbranched alkanes of at least 4 members (excludes halogenated alkanes) is 1. The van der Waals surface area contributed by atoms with E-state index in [9.17, 15) is 9.59 Å². The van der Waals surface area contributed by atoms with Gasteiger partial charge >= 0.3 is 5.97 Å². The number of carbonyl (C=O) groups excluding carboxylic acids is 2. The van der Waals surface area contributed by atoms with E-state index in [1.54, 1.807) is 0 Å². The first kappa shape index (κ1) is 24.5. The summed E-state index contributed by atoms with van der Waals surface area (Å²) in [6.45, 7) is 5.19. The summed E-state index contributed by atoms with van der Waals surface area (Å²) in [7, 11) is 1.33. The number of benzene rings is 1. The third-order valence-corrected chi connectivity index (χ3v) is 6.13. The molecule has 2 aliphatic heterocycles. The summed E-state index contributed by atoms with van der Waals surface area (Å²) in [5.74, 6) is 0.982. The van der Waals surface area contributed by atoms with E-state index in [4.69, 9.17) is 18.9 Å². The number of rotatable bonds is 11. The second-order valence-electron chi connectivity index (χ2n) is 8.70. The lowest BCUT2D eigenvalue weighted by molar-refractivity contribution is -0.163. The largest absolute Gasteiger partial charge is 0.481 e. The predicted octanol–water partition coefficient (Wildman–Crippen LogP) is 4.17. The van der Waals surface area contributed by atoms with Crippen LogP contribution in [0.5, 0.6) is 11.5 Å². The van der Waals surface area contributed by atoms with Gasteiger partial charge in [0.2, 0.25) is 0 Å². The highest BCUT2D eigenvalue weighted by atomic mass is 16.7. The smallest absolute Gasteiger partial charge is 0.343 e. The van der Waals surface area contributed by atoms with Crippen LogP contribution in [0.15, 0.2) is 12.1 Å². The number of Topliss-reactive ketones (excluding diaryl/α,β-unsaturated/α-hetero) is 1. The molecule has 0 saturated carbocycles. The van der Waals surface area contributed by atoms with Gasteiger partial charge in [-0.25, -0.2) is 4.79 Å². The van der Waals surface area contributed by atoms with Crippen molar-refractivity contribution in [3.63, 3.8) is 0 Å². The number of ketones is 1. The van der Waals surface area contributed by atoms with Crippen LogP contribution in [0.1, 0.15) is 69.9 Å². The lowest BCUT2D eigenvalue weighted by atomic mass is 9.85. The van der Waals surface area contributed by atoms with Crippen LogP contribution in [0.4, 0.5) is 0 Å². The normalized spacial score (nSPS) is 22.7. The highest BCUT2D eigenvalue weighted by Crippen LogP contribution is 2.41. The number of hydrogen-bond donors (Lipinski definition) is 0. The Morgan fingerprint density at radius 3 is 2.81 bits per heavy atom. The molecule has 7 nitrogen and oxygen atoms in total. The van der Waals surface area contributed by atoms with E-state index in [1.807, 2.05) is 19.1 Å². The predicted molar refractivity (Wildman–Crippen MR) is 119 cm³/mol. The van der Waals surface area contributed by atoms with Gasteiger partial charge in [0.1, 0.15) is 11.5 Å². The third-order valence-electron chi connectivity index (χ3n) is 6.13. The SMILES string of the molecule is CCCc1c(OCC(=O)OC)ccc2c1OC(C)(CCCCOC1CCCCO1)C(=O)C2. The highest BCUT2D eigenvalue weighted by molar-refractivity contribution is 5.91. The molecule has 1 saturated heterocycles. The summed E-state index contributed by atoms with van der Waals surface area (Å²) in [6.07, 6.45) is 7.39. The molecule has 2 unspecified atom stereocenters. The fourth-order valence-electron chi connectivity index (χ4n) is 4.20. The van der Waals surface area contributed by atoms with Crippen molar-refractivity contribution in [1.82, 2.24) is 0 Å². The van der Waals surface area contributed by atoms with E-state index in [0.717, 1.165) is 68.4 Å². The Balaban J connectivity index is 1.63. The van der Waals surface area contributed by atoms with Crippen LogP contribution in [0.2, 0.25) is 0 Å². The van der Waals surface area contributed by atoms with Gasteiger partial charge < -0.3 is 23.7 Å². The highest BCUT2D eigenvalue weighted by Gasteiger charge is 2.40. The Labute approximate surface area is 190 Å². The summed E-state index contributed by atoms with van der Waals surface area (Å²) in [4.78, 5) is 24.4. The number of esters is 1. The lowest BCUT2D eigenvalue weighted by Gasteiger charge is -2.36. The Kier molecular flexibility index (Phi) is 8.93. The van der Waals surface area contributed by atoms with Crippen molar-refractivity contribution in [3.8, 4) is 11.5 Å². The van der Waals surface area contributed by atoms with Crippen LogP contribution >= 0.6 is 0 Å². The molecule has 2 aliphatic rings. The molecule has 1 fully saturated rings. The maximum Gasteiger partial charge on any atom is 0.343 e. The topological polar surface area (TPSA) is 80.3 Å². The molecule has 178 valence electrons. The molecule has 0 N–H and O–H groups in total. The number of methoxy groups -OCH3 is 1. The zero-order chi connectivity index (χ0) is 23.0. The molecule has 0 radical (unpaired) electrons. The van der Waals surface area contributed by atoms with Crippen LogP contribution in [0.3, 0.4) is 0 Å². The van der Waals surface area contributed by atoms with Crippen LogP contribution in [0, 0.1) is 0 Å². The van der Waals surface area contributed by atoms with Gasteiger partial charge in [-0.2, -0.15) is 0 Å². The first-order chi connectivity index (χ1) is 15.5. The Morgan fingerprint density at radius 1 is 1.25 bits per heavy atom. The van der Waals surface area contributed by atoms with E-state index in [0.29, 0.717) is 25.2 Å². The van der Waals surface area contributed by atoms with Crippen molar-refractivity contribution < 1.29 is 33.3 Å². The minimum absolute atomic E-state index is 0.0845. The third kappa shape index (κ3) is 6.23. The number of fused-ring (bicyclic) bond motifs is 1. The van der Waals surface area contributed by atoms with Gasteiger partial charge in [0.05, 0.1) is 7.11 Å². The van der Waals surface area contributed by atoms with E-state index < -0.39 is 11.6 Å². The lowest BCUT2D eigenvalue weighted by Crippen LogP contribution is -2.46. The van der Waals surface area contributed by atoms with E-state index in [2.05, 4.69) is 11.7 Å². The number of ether oxygens (including phenoxy) is 5. The molecule has 0 bridgehead atoms. The van der Waals surface area contributed by atoms with Crippen molar-refractivity contribution in [2.24, 2.45) is 0 Å². The average molecular weight is 449 g/mol. The Hall–Kier alpha value is -2.12. The number of carbonyl (C=O) groups is 2. The van der Waals surface area contributed by atoms with Gasteiger partial charge in [0.25, 0.3) is 0 Å². The standard InChI is InChI=1S/C25H36O7/c1-4-9-19-20(31-17-22(27)28-3)12-11-18-16-21(26)25(2,32-24(18)19)13-6-8-15-30-23-10-5-7-14-29-23/h11-12,23H,4-10,13-17H2,1-3H3. The summed E-state index contributed by atoms with van der Waals surface area (Å²) >= 11 is 0. The first-order valence-corrected chi connectivity index (χ1v) is 11.8. The van der Waals surface area contributed by atoms with Crippen LogP contribution in [-0.2, 0) is 36.6 Å². The average Bonchev–Trinajstić information content (AvgIpc) is 2.80. The maximum absolute atomic E-state index is 12.9. The van der Waals surface area contributed by atoms with Gasteiger partial charge in [-0.15, -0.1) is 0 Å². The van der Waals surface area contributed by atoms with Crippen LogP contribution in [-0.4, -0.2) is 50.6 Å². The van der Waals surface area contributed by atoms with Crippen molar-refractivity contribution >= 4 is 11.8 Å². The monoisotopic (exact) mass is 448 g/mol. The van der Waals surface area contributed by atoms with E-state index in [-0.39, 0.29) is 18.7 Å². The molecule has 1 aromatic carbocycles. The van der Waals surface area contributed by atoms with Crippen molar-refractivity contribution in [2.75, 3.05) is 26.9 Å². The van der Waals surface area contributed by atoms with Gasteiger partial charge in [-0.3, -0.25) is 4.79 Å². The molecule has 0 aromatic heterocycles. The Morgan fingerprint density at radius 2 is 2.09 bits per heavy atom. The fourth-order valence-corrected chi connectivity index (χ4v) is 4.20. The molecular weight excluding hydrogens is 412 g/mol. The molecule has 1 aromatic rings. The van der Waals surface area contributed by atoms with Crippen LogP contribution in [0.25, 0.3) is 0 Å². The summed E-state index contributed by atoms with van der Waals surface area (Å²) in [5, 5.41) is 0. The van der Waals surface area contributed by atoms with Gasteiger partial charge in [-0.05, 0) is 57.9 Å². The van der Waals surface area contributed by atoms with Gasteiger partial charge in [0, 0.05) is 30.8 Å². The second-order valence-corrected chi connectivity index (χ2v) is 8.70.